The summed E-state index contributed by atoms with van der Waals surface area (Å²) in [4.78, 5) is 76.0. The quantitative estimate of drug-likeness (QED) is 0.0741. The molecule has 15 heteroatoms. The van der Waals surface area contributed by atoms with Gasteiger partial charge >= 0.3 is 29.0 Å². The average molecular weight is 570 g/mol. The molecular weight excluding hydrogens is 534 g/mol. The van der Waals surface area contributed by atoms with E-state index in [1.165, 1.54) is 24.1 Å². The summed E-state index contributed by atoms with van der Waals surface area (Å²) in [5, 5.41) is 8.52. The Hall–Kier alpha value is -3.63. The van der Waals surface area contributed by atoms with Crippen LogP contribution in [-0.2, 0) is 48.2 Å². The molecule has 0 amide bonds. The van der Waals surface area contributed by atoms with Crippen LogP contribution in [0.5, 0.6) is 0 Å². The first-order chi connectivity index (χ1) is 18.6. The number of hydrogen-bond acceptors (Lipinski definition) is 12. The second-order valence-corrected chi connectivity index (χ2v) is 10.1. The van der Waals surface area contributed by atoms with Gasteiger partial charge < -0.3 is 14.2 Å². The van der Waals surface area contributed by atoms with Crippen molar-refractivity contribution in [3.05, 3.63) is 31.5 Å². The summed E-state index contributed by atoms with van der Waals surface area (Å²) in [6, 6.07) is 0. The van der Waals surface area contributed by atoms with E-state index >= 15 is 0 Å². The smallest absolute Gasteiger partial charge is 0.336 e. The van der Waals surface area contributed by atoms with Crippen molar-refractivity contribution in [3.63, 3.8) is 0 Å². The number of ether oxygens (including phenoxy) is 3. The van der Waals surface area contributed by atoms with Crippen molar-refractivity contribution in [3.8, 4) is 6.26 Å². The SMILES string of the molecule is CCCCOC(=O)C(C)(C)CSCCOC(=O)CCCn1c(=O)n(CCN=C=O)c(=O)n(CCOC#N)c1=O. The summed E-state index contributed by atoms with van der Waals surface area (Å²) < 4.78 is 17.3. The molecule has 1 rings (SSSR count). The highest BCUT2D eigenvalue weighted by atomic mass is 32.2. The van der Waals surface area contributed by atoms with Crippen LogP contribution in [0.15, 0.2) is 19.4 Å². The molecule has 0 bridgehead atoms. The van der Waals surface area contributed by atoms with Gasteiger partial charge in [0.15, 0.2) is 0 Å². The summed E-state index contributed by atoms with van der Waals surface area (Å²) in [6.07, 6.45) is 4.48. The van der Waals surface area contributed by atoms with Crippen LogP contribution in [0.25, 0.3) is 0 Å². The van der Waals surface area contributed by atoms with Crippen LogP contribution >= 0.6 is 11.8 Å². The number of aromatic nitrogens is 3. The van der Waals surface area contributed by atoms with Crippen LogP contribution in [0.1, 0.15) is 46.5 Å². The lowest BCUT2D eigenvalue weighted by atomic mass is 9.97. The number of nitrogens with zero attached hydrogens (tertiary/aromatic N) is 5. The molecule has 1 heterocycles. The predicted octanol–water partition coefficient (Wildman–Crippen LogP) is 0.431. The zero-order chi connectivity index (χ0) is 29.3. The van der Waals surface area contributed by atoms with Gasteiger partial charge in [0.2, 0.25) is 6.08 Å². The number of isocyanates is 1. The fourth-order valence-corrected chi connectivity index (χ4v) is 4.17. The molecule has 0 saturated carbocycles. The monoisotopic (exact) mass is 569 g/mol. The van der Waals surface area contributed by atoms with E-state index in [1.54, 1.807) is 13.8 Å². The second kappa shape index (κ2) is 17.8. The molecule has 39 heavy (non-hydrogen) atoms. The first-order valence-electron chi connectivity index (χ1n) is 12.5. The summed E-state index contributed by atoms with van der Waals surface area (Å²) in [6.45, 7) is 4.94. The van der Waals surface area contributed by atoms with Gasteiger partial charge in [0.05, 0.1) is 31.7 Å². The lowest BCUT2D eigenvalue weighted by Gasteiger charge is -2.22. The maximum Gasteiger partial charge on any atom is 0.336 e. The van der Waals surface area contributed by atoms with E-state index in [4.69, 9.17) is 14.7 Å². The molecule has 0 aromatic carbocycles. The highest BCUT2D eigenvalue weighted by Crippen LogP contribution is 2.23. The molecule has 1 aromatic heterocycles. The van der Waals surface area contributed by atoms with Crippen LogP contribution in [0.4, 0.5) is 0 Å². The maximum atomic E-state index is 12.7. The van der Waals surface area contributed by atoms with Crippen LogP contribution in [0.2, 0.25) is 0 Å². The summed E-state index contributed by atoms with van der Waals surface area (Å²) in [5.41, 5.74) is -3.43. The van der Waals surface area contributed by atoms with Gasteiger partial charge in [-0.25, -0.2) is 37.9 Å². The van der Waals surface area contributed by atoms with Crippen molar-refractivity contribution >= 4 is 29.8 Å². The van der Waals surface area contributed by atoms with Gasteiger partial charge in [0.1, 0.15) is 13.2 Å². The van der Waals surface area contributed by atoms with Crippen molar-refractivity contribution < 1.29 is 28.6 Å². The molecule has 0 fully saturated rings. The topological polar surface area (TPSA) is 181 Å². The average Bonchev–Trinajstić information content (AvgIpc) is 2.89. The summed E-state index contributed by atoms with van der Waals surface area (Å²) >= 11 is 1.45. The maximum absolute atomic E-state index is 12.7. The van der Waals surface area contributed by atoms with Gasteiger partial charge in [-0.1, -0.05) is 13.3 Å². The number of rotatable bonds is 19. The largest absolute Gasteiger partial charge is 0.465 e. The van der Waals surface area contributed by atoms with E-state index in [-0.39, 0.29) is 58.2 Å². The number of unbranched alkanes of at least 4 members (excludes halogenated alkanes) is 1. The Kier molecular flexibility index (Phi) is 15.2. The van der Waals surface area contributed by atoms with E-state index < -0.39 is 28.5 Å². The number of esters is 2. The standard InChI is InChI=1S/C24H35N5O9S/c1-4-5-12-38-20(32)24(2,3)16-39-15-14-37-19(31)7-6-9-27-21(33)28(10-8-26-18-30)23(35)29(22(27)34)11-13-36-17-25/h4-16H2,1-3H3. The number of hydrogen-bond donors (Lipinski definition) is 0. The molecule has 0 spiro atoms. The number of carbonyl (C=O) groups excluding carboxylic acids is 3. The lowest BCUT2D eigenvalue weighted by Crippen LogP contribution is -2.55. The molecule has 0 radical (unpaired) electrons. The predicted molar refractivity (Wildman–Crippen MR) is 141 cm³/mol. The minimum atomic E-state index is -0.932. The van der Waals surface area contributed by atoms with Gasteiger partial charge in [0.25, 0.3) is 6.26 Å². The Labute approximate surface area is 229 Å². The van der Waals surface area contributed by atoms with Gasteiger partial charge in [-0.15, -0.1) is 0 Å². The van der Waals surface area contributed by atoms with Gasteiger partial charge in [-0.05, 0) is 26.7 Å². The van der Waals surface area contributed by atoms with Crippen LogP contribution in [0, 0.1) is 16.9 Å². The molecule has 0 aliphatic heterocycles. The van der Waals surface area contributed by atoms with Crippen molar-refractivity contribution in [1.82, 2.24) is 13.7 Å². The molecule has 14 nitrogen and oxygen atoms in total. The number of thioether (sulfide) groups is 1. The third-order valence-electron chi connectivity index (χ3n) is 5.37. The Bertz CT molecular complexity index is 1220. The normalized spacial score (nSPS) is 10.8. The second-order valence-electron chi connectivity index (χ2n) is 8.97. The van der Waals surface area contributed by atoms with Crippen molar-refractivity contribution in [2.24, 2.45) is 10.4 Å². The van der Waals surface area contributed by atoms with Crippen molar-refractivity contribution in [2.45, 2.75) is 66.1 Å². The van der Waals surface area contributed by atoms with E-state index in [0.717, 1.165) is 26.5 Å². The molecule has 0 N–H and O–H groups in total. The Morgan fingerprint density at radius 3 is 2.21 bits per heavy atom. The molecule has 0 aliphatic rings. The third-order valence-corrected chi connectivity index (χ3v) is 6.75. The van der Waals surface area contributed by atoms with Crippen molar-refractivity contribution in [2.75, 3.05) is 37.9 Å². The number of aliphatic imine (C=N–C) groups is 1. The third kappa shape index (κ3) is 11.3. The summed E-state index contributed by atoms with van der Waals surface area (Å²) in [5.74, 6) is 0.173. The van der Waals surface area contributed by atoms with Crippen LogP contribution < -0.4 is 17.1 Å². The van der Waals surface area contributed by atoms with E-state index in [9.17, 15) is 28.8 Å². The van der Waals surface area contributed by atoms with E-state index in [2.05, 4.69) is 9.73 Å². The Morgan fingerprint density at radius 1 is 0.949 bits per heavy atom. The molecule has 0 saturated heterocycles. The molecule has 0 aliphatic carbocycles. The first kappa shape index (κ1) is 33.4. The minimum Gasteiger partial charge on any atom is -0.465 e. The number of nitriles is 1. The lowest BCUT2D eigenvalue weighted by molar-refractivity contribution is -0.152. The number of carbonyl (C=O) groups is 2. The fraction of sp³-hybridized carbons (Fsp3) is 0.708. The molecule has 1 aromatic rings. The van der Waals surface area contributed by atoms with Gasteiger partial charge in [-0.3, -0.25) is 9.59 Å². The van der Waals surface area contributed by atoms with E-state index in [0.29, 0.717) is 18.1 Å². The first-order valence-corrected chi connectivity index (χ1v) is 13.7. The molecular formula is C24H35N5O9S. The summed E-state index contributed by atoms with van der Waals surface area (Å²) in [7, 11) is 0. The molecule has 0 atom stereocenters. The van der Waals surface area contributed by atoms with Gasteiger partial charge in [-0.2, -0.15) is 17.0 Å². The molecule has 0 unspecified atom stereocenters. The zero-order valence-electron chi connectivity index (χ0n) is 22.5. The zero-order valence-corrected chi connectivity index (χ0v) is 23.3. The van der Waals surface area contributed by atoms with Gasteiger partial charge in [0, 0.05) is 24.5 Å². The highest BCUT2D eigenvalue weighted by Gasteiger charge is 2.29. The fourth-order valence-electron chi connectivity index (χ4n) is 3.19. The van der Waals surface area contributed by atoms with Crippen molar-refractivity contribution in [1.29, 1.82) is 5.26 Å². The Balaban J connectivity index is 2.66. The Morgan fingerprint density at radius 2 is 1.59 bits per heavy atom. The minimum absolute atomic E-state index is 0.0805. The van der Waals surface area contributed by atoms with Crippen LogP contribution in [-0.4, -0.2) is 69.6 Å². The van der Waals surface area contributed by atoms with E-state index in [1.807, 2.05) is 6.92 Å². The van der Waals surface area contributed by atoms with Crippen LogP contribution in [0.3, 0.4) is 0 Å². The highest BCUT2D eigenvalue weighted by molar-refractivity contribution is 7.99. The molecule has 216 valence electrons.